The van der Waals surface area contributed by atoms with Crippen LogP contribution in [-0.4, -0.2) is 28.8 Å². The van der Waals surface area contributed by atoms with Gasteiger partial charge in [0, 0.05) is 11.6 Å². The summed E-state index contributed by atoms with van der Waals surface area (Å²) >= 11 is 0. The zero-order valence-electron chi connectivity index (χ0n) is 11.6. The molecule has 0 radical (unpaired) electrons. The standard InChI is InChI=1S/C16H15F2NO3/c17-12-6-11(7-13(18)8-12)16(22)19-14(9-20)5-10-1-3-15(21)4-2-10/h1-4,6-8,14,20-21H,5,9H2,(H,19,22)/t14-/m0/s1. The van der Waals surface area contributed by atoms with Gasteiger partial charge in [-0.25, -0.2) is 8.78 Å². The lowest BCUT2D eigenvalue weighted by Crippen LogP contribution is -2.39. The van der Waals surface area contributed by atoms with Gasteiger partial charge in [-0.15, -0.1) is 0 Å². The number of aliphatic hydroxyl groups is 1. The molecule has 0 unspecified atom stereocenters. The Morgan fingerprint density at radius 3 is 2.23 bits per heavy atom. The maximum atomic E-state index is 13.1. The van der Waals surface area contributed by atoms with Gasteiger partial charge < -0.3 is 15.5 Å². The van der Waals surface area contributed by atoms with E-state index in [9.17, 15) is 23.8 Å². The largest absolute Gasteiger partial charge is 0.508 e. The fourth-order valence-electron chi connectivity index (χ4n) is 2.03. The number of rotatable bonds is 5. The van der Waals surface area contributed by atoms with E-state index in [4.69, 9.17) is 0 Å². The molecule has 0 saturated carbocycles. The van der Waals surface area contributed by atoms with Gasteiger partial charge in [0.2, 0.25) is 0 Å². The molecule has 0 aliphatic heterocycles. The molecular weight excluding hydrogens is 292 g/mol. The zero-order valence-corrected chi connectivity index (χ0v) is 11.6. The molecule has 3 N–H and O–H groups in total. The van der Waals surface area contributed by atoms with E-state index < -0.39 is 23.6 Å². The van der Waals surface area contributed by atoms with E-state index in [1.807, 2.05) is 0 Å². The van der Waals surface area contributed by atoms with Crippen molar-refractivity contribution in [3.8, 4) is 5.75 Å². The third kappa shape index (κ3) is 4.26. The molecule has 0 aliphatic rings. The minimum Gasteiger partial charge on any atom is -0.508 e. The fraction of sp³-hybridized carbons (Fsp3) is 0.188. The molecule has 22 heavy (non-hydrogen) atoms. The first-order valence-electron chi connectivity index (χ1n) is 6.63. The smallest absolute Gasteiger partial charge is 0.251 e. The summed E-state index contributed by atoms with van der Waals surface area (Å²) in [5.74, 6) is -2.24. The van der Waals surface area contributed by atoms with E-state index in [0.29, 0.717) is 12.5 Å². The molecule has 0 saturated heterocycles. The number of phenolic OH excluding ortho intramolecular Hbond substituents is 1. The third-order valence-electron chi connectivity index (χ3n) is 3.10. The van der Waals surface area contributed by atoms with Crippen molar-refractivity contribution in [1.82, 2.24) is 5.32 Å². The number of aliphatic hydroxyl groups excluding tert-OH is 1. The van der Waals surface area contributed by atoms with Crippen molar-refractivity contribution in [3.63, 3.8) is 0 Å². The Morgan fingerprint density at radius 2 is 1.68 bits per heavy atom. The highest BCUT2D eigenvalue weighted by Gasteiger charge is 2.15. The molecular formula is C16H15F2NO3. The van der Waals surface area contributed by atoms with Gasteiger partial charge in [0.25, 0.3) is 5.91 Å². The van der Waals surface area contributed by atoms with Crippen LogP contribution >= 0.6 is 0 Å². The quantitative estimate of drug-likeness (QED) is 0.791. The number of carbonyl (C=O) groups excluding carboxylic acids is 1. The number of hydrogen-bond acceptors (Lipinski definition) is 3. The SMILES string of the molecule is O=C(N[C@H](CO)Cc1ccc(O)cc1)c1cc(F)cc(F)c1. The summed E-state index contributed by atoms with van der Waals surface area (Å²) in [7, 11) is 0. The van der Waals surface area contributed by atoms with Crippen molar-refractivity contribution in [1.29, 1.82) is 0 Å². The van der Waals surface area contributed by atoms with Crippen molar-refractivity contribution in [3.05, 3.63) is 65.2 Å². The minimum atomic E-state index is -0.843. The van der Waals surface area contributed by atoms with Crippen molar-refractivity contribution in [2.45, 2.75) is 12.5 Å². The maximum Gasteiger partial charge on any atom is 0.251 e. The number of amides is 1. The summed E-state index contributed by atoms with van der Waals surface area (Å²) in [5.41, 5.74) is 0.643. The van der Waals surface area contributed by atoms with Gasteiger partial charge in [0.1, 0.15) is 17.4 Å². The van der Waals surface area contributed by atoms with Crippen molar-refractivity contribution < 1.29 is 23.8 Å². The van der Waals surface area contributed by atoms with Crippen LogP contribution in [-0.2, 0) is 6.42 Å². The molecule has 0 heterocycles. The maximum absolute atomic E-state index is 13.1. The van der Waals surface area contributed by atoms with Crippen LogP contribution in [0.25, 0.3) is 0 Å². The Balaban J connectivity index is 2.05. The first-order chi connectivity index (χ1) is 10.5. The van der Waals surface area contributed by atoms with Crippen LogP contribution in [0.2, 0.25) is 0 Å². The van der Waals surface area contributed by atoms with Crippen LogP contribution < -0.4 is 5.32 Å². The Bertz CT molecular complexity index is 639. The number of hydrogen-bond donors (Lipinski definition) is 3. The summed E-state index contributed by atoms with van der Waals surface area (Å²) in [5, 5.41) is 21.1. The summed E-state index contributed by atoms with van der Waals surface area (Å²) in [4.78, 5) is 12.0. The minimum absolute atomic E-state index is 0.114. The second-order valence-electron chi connectivity index (χ2n) is 4.88. The van der Waals surface area contributed by atoms with E-state index >= 15 is 0 Å². The second-order valence-corrected chi connectivity index (χ2v) is 4.88. The predicted molar refractivity (Wildman–Crippen MR) is 76.5 cm³/mol. The fourth-order valence-corrected chi connectivity index (χ4v) is 2.03. The highest BCUT2D eigenvalue weighted by Crippen LogP contribution is 2.12. The van der Waals surface area contributed by atoms with Gasteiger partial charge in [0.05, 0.1) is 12.6 Å². The zero-order chi connectivity index (χ0) is 16.1. The monoisotopic (exact) mass is 307 g/mol. The number of halogens is 2. The summed E-state index contributed by atoms with van der Waals surface area (Å²) in [6.07, 6.45) is 0.320. The van der Waals surface area contributed by atoms with Crippen LogP contribution in [0.3, 0.4) is 0 Å². The van der Waals surface area contributed by atoms with Gasteiger partial charge in [-0.1, -0.05) is 12.1 Å². The number of phenols is 1. The molecule has 0 aromatic heterocycles. The molecule has 0 fully saturated rings. The number of benzene rings is 2. The van der Waals surface area contributed by atoms with Gasteiger partial charge >= 0.3 is 0 Å². The van der Waals surface area contributed by atoms with E-state index in [0.717, 1.165) is 17.7 Å². The molecule has 6 heteroatoms. The van der Waals surface area contributed by atoms with Crippen molar-refractivity contribution in [2.24, 2.45) is 0 Å². The van der Waals surface area contributed by atoms with E-state index in [2.05, 4.69) is 5.32 Å². The molecule has 2 rings (SSSR count). The second kappa shape index (κ2) is 7.00. The lowest BCUT2D eigenvalue weighted by atomic mass is 10.1. The van der Waals surface area contributed by atoms with Crippen LogP contribution in [0.5, 0.6) is 5.75 Å². The van der Waals surface area contributed by atoms with Crippen LogP contribution in [0.1, 0.15) is 15.9 Å². The topological polar surface area (TPSA) is 69.6 Å². The van der Waals surface area contributed by atoms with Crippen molar-refractivity contribution in [2.75, 3.05) is 6.61 Å². The average Bonchev–Trinajstić information content (AvgIpc) is 2.47. The molecule has 1 amide bonds. The third-order valence-corrected chi connectivity index (χ3v) is 3.10. The van der Waals surface area contributed by atoms with Gasteiger partial charge in [-0.2, -0.15) is 0 Å². The van der Waals surface area contributed by atoms with Gasteiger partial charge in [0.15, 0.2) is 0 Å². The lowest BCUT2D eigenvalue weighted by molar-refractivity contribution is 0.0915. The summed E-state index contributed by atoms with van der Waals surface area (Å²) < 4.78 is 26.2. The predicted octanol–water partition coefficient (Wildman–Crippen LogP) is 2.00. The molecule has 1 atom stereocenters. The number of aromatic hydroxyl groups is 1. The van der Waals surface area contributed by atoms with Crippen LogP contribution in [0.15, 0.2) is 42.5 Å². The molecule has 2 aromatic carbocycles. The highest BCUT2D eigenvalue weighted by atomic mass is 19.1. The number of carbonyl (C=O) groups is 1. The first-order valence-corrected chi connectivity index (χ1v) is 6.63. The van der Waals surface area contributed by atoms with E-state index in [-0.39, 0.29) is 17.9 Å². The summed E-state index contributed by atoms with van der Waals surface area (Å²) in [6.45, 7) is -0.329. The lowest BCUT2D eigenvalue weighted by Gasteiger charge is -2.16. The Hall–Kier alpha value is -2.47. The molecule has 4 nitrogen and oxygen atoms in total. The average molecular weight is 307 g/mol. The molecule has 0 spiro atoms. The van der Waals surface area contributed by atoms with Gasteiger partial charge in [-0.3, -0.25) is 4.79 Å². The molecule has 2 aromatic rings. The van der Waals surface area contributed by atoms with Crippen molar-refractivity contribution >= 4 is 5.91 Å². The summed E-state index contributed by atoms with van der Waals surface area (Å²) in [6, 6.07) is 8.22. The molecule has 0 bridgehead atoms. The van der Waals surface area contributed by atoms with E-state index in [1.165, 1.54) is 12.1 Å². The Labute approximate surface area is 126 Å². The highest BCUT2D eigenvalue weighted by molar-refractivity contribution is 5.94. The Kier molecular flexibility index (Phi) is 5.06. The molecule has 116 valence electrons. The van der Waals surface area contributed by atoms with Gasteiger partial charge in [-0.05, 0) is 36.2 Å². The van der Waals surface area contributed by atoms with Crippen LogP contribution in [0, 0.1) is 11.6 Å². The normalized spacial score (nSPS) is 12.0. The first kappa shape index (κ1) is 15.9. The van der Waals surface area contributed by atoms with Crippen LogP contribution in [0.4, 0.5) is 8.78 Å². The number of nitrogens with one attached hydrogen (secondary N) is 1. The van der Waals surface area contributed by atoms with E-state index in [1.54, 1.807) is 12.1 Å². The molecule has 0 aliphatic carbocycles. The Morgan fingerprint density at radius 1 is 1.09 bits per heavy atom.